The highest BCUT2D eigenvalue weighted by Crippen LogP contribution is 2.09. The number of nitrogens with zero attached hydrogens (tertiary/aromatic N) is 1. The fourth-order valence-electron chi connectivity index (χ4n) is 1.33. The first-order valence-corrected chi connectivity index (χ1v) is 5.75. The van der Waals surface area contributed by atoms with Gasteiger partial charge >= 0.3 is 0 Å². The molecule has 0 aliphatic heterocycles. The Hall–Kier alpha value is -0.990. The summed E-state index contributed by atoms with van der Waals surface area (Å²) in [5, 5.41) is 0.425. The molecule has 0 radical (unpaired) electrons. The maximum absolute atomic E-state index is 11.5. The van der Waals surface area contributed by atoms with E-state index in [4.69, 9.17) is 23.2 Å². The molecule has 0 heterocycles. The molecular formula is C12H13Cl2NO. The summed E-state index contributed by atoms with van der Waals surface area (Å²) in [5.41, 5.74) is 1.04. The van der Waals surface area contributed by atoms with Crippen molar-refractivity contribution in [2.75, 3.05) is 12.4 Å². The Labute approximate surface area is 105 Å². The second-order valence-corrected chi connectivity index (χ2v) is 4.19. The van der Waals surface area contributed by atoms with Crippen molar-refractivity contribution in [2.24, 2.45) is 0 Å². The maximum atomic E-state index is 11.5. The van der Waals surface area contributed by atoms with E-state index in [1.807, 2.05) is 30.3 Å². The Bertz CT molecular complexity index is 365. The lowest BCUT2D eigenvalue weighted by molar-refractivity contribution is -0.128. The SMILES string of the molecule is C=C(Cl)CN(Cc1ccccc1)C(=O)CCl. The lowest BCUT2D eigenvalue weighted by atomic mass is 10.2. The topological polar surface area (TPSA) is 20.3 Å². The van der Waals surface area contributed by atoms with E-state index in [1.54, 1.807) is 4.90 Å². The van der Waals surface area contributed by atoms with E-state index in [1.165, 1.54) is 0 Å². The fourth-order valence-corrected chi connectivity index (χ4v) is 1.64. The van der Waals surface area contributed by atoms with Crippen molar-refractivity contribution < 1.29 is 4.79 Å². The average Bonchev–Trinajstić information content (AvgIpc) is 2.28. The van der Waals surface area contributed by atoms with Gasteiger partial charge in [0.15, 0.2) is 0 Å². The number of carbonyl (C=O) groups excluding carboxylic acids is 1. The third-order valence-electron chi connectivity index (χ3n) is 2.05. The van der Waals surface area contributed by atoms with Crippen molar-refractivity contribution in [2.45, 2.75) is 6.54 Å². The number of hydrogen-bond acceptors (Lipinski definition) is 1. The summed E-state index contributed by atoms with van der Waals surface area (Å²) >= 11 is 11.2. The van der Waals surface area contributed by atoms with E-state index in [0.29, 0.717) is 18.1 Å². The summed E-state index contributed by atoms with van der Waals surface area (Å²) in [4.78, 5) is 13.1. The summed E-state index contributed by atoms with van der Waals surface area (Å²) in [6.45, 7) is 4.40. The molecule has 2 nitrogen and oxygen atoms in total. The first kappa shape index (κ1) is 13.1. The van der Waals surface area contributed by atoms with E-state index >= 15 is 0 Å². The summed E-state index contributed by atoms with van der Waals surface area (Å²) in [7, 11) is 0. The van der Waals surface area contributed by atoms with E-state index in [-0.39, 0.29) is 11.8 Å². The van der Waals surface area contributed by atoms with Crippen LogP contribution in [0.25, 0.3) is 0 Å². The zero-order chi connectivity index (χ0) is 12.0. The van der Waals surface area contributed by atoms with Crippen LogP contribution in [0.15, 0.2) is 41.9 Å². The lowest BCUT2D eigenvalue weighted by Crippen LogP contribution is -2.32. The summed E-state index contributed by atoms with van der Waals surface area (Å²) in [6, 6.07) is 9.68. The highest BCUT2D eigenvalue weighted by Gasteiger charge is 2.13. The van der Waals surface area contributed by atoms with Gasteiger partial charge in [-0.3, -0.25) is 4.79 Å². The van der Waals surface area contributed by atoms with Crippen molar-refractivity contribution in [3.8, 4) is 0 Å². The van der Waals surface area contributed by atoms with E-state index in [9.17, 15) is 4.79 Å². The molecule has 1 aromatic rings. The molecule has 0 aliphatic rings. The standard InChI is InChI=1S/C12H13Cl2NO/c1-10(14)8-15(12(16)7-13)9-11-5-3-2-4-6-11/h2-6H,1,7-9H2. The van der Waals surface area contributed by atoms with Crippen molar-refractivity contribution >= 4 is 29.1 Å². The summed E-state index contributed by atoms with van der Waals surface area (Å²) in [5.74, 6) is -0.191. The van der Waals surface area contributed by atoms with Crippen LogP contribution in [0, 0.1) is 0 Å². The van der Waals surface area contributed by atoms with Gasteiger partial charge in [-0.2, -0.15) is 0 Å². The Morgan fingerprint density at radius 2 is 1.94 bits per heavy atom. The molecule has 0 saturated heterocycles. The second kappa shape index (κ2) is 6.56. The van der Waals surface area contributed by atoms with E-state index in [0.717, 1.165) is 5.56 Å². The molecule has 0 spiro atoms. The molecule has 0 aliphatic carbocycles. The first-order valence-electron chi connectivity index (χ1n) is 4.84. The molecule has 1 rings (SSSR count). The van der Waals surface area contributed by atoms with Gasteiger partial charge in [0.25, 0.3) is 0 Å². The third-order valence-corrected chi connectivity index (χ3v) is 2.39. The first-order chi connectivity index (χ1) is 7.63. The van der Waals surface area contributed by atoms with Crippen LogP contribution in [0.1, 0.15) is 5.56 Å². The minimum atomic E-state index is -0.146. The highest BCUT2D eigenvalue weighted by atomic mass is 35.5. The number of hydrogen-bond donors (Lipinski definition) is 0. The average molecular weight is 258 g/mol. The predicted octanol–water partition coefficient (Wildman–Crippen LogP) is 3.01. The molecule has 0 unspecified atom stereocenters. The highest BCUT2D eigenvalue weighted by molar-refractivity contribution is 6.30. The summed E-state index contributed by atoms with van der Waals surface area (Å²) < 4.78 is 0. The van der Waals surface area contributed by atoms with Gasteiger partial charge in [0.1, 0.15) is 5.88 Å². The molecule has 0 N–H and O–H groups in total. The van der Waals surface area contributed by atoms with Crippen molar-refractivity contribution in [3.63, 3.8) is 0 Å². The zero-order valence-corrected chi connectivity index (χ0v) is 10.3. The number of amides is 1. The van der Waals surface area contributed by atoms with Crippen molar-refractivity contribution in [1.82, 2.24) is 4.90 Å². The quantitative estimate of drug-likeness (QED) is 0.743. The molecule has 0 bridgehead atoms. The number of rotatable bonds is 5. The molecule has 4 heteroatoms. The molecule has 16 heavy (non-hydrogen) atoms. The molecular weight excluding hydrogens is 245 g/mol. The Morgan fingerprint density at radius 1 is 1.31 bits per heavy atom. The van der Waals surface area contributed by atoms with Crippen LogP contribution in [0.2, 0.25) is 0 Å². The van der Waals surface area contributed by atoms with Crippen LogP contribution in [0.4, 0.5) is 0 Å². The fraction of sp³-hybridized carbons (Fsp3) is 0.250. The molecule has 0 saturated carbocycles. The van der Waals surface area contributed by atoms with Gasteiger partial charge in [-0.05, 0) is 5.56 Å². The second-order valence-electron chi connectivity index (χ2n) is 3.39. The van der Waals surface area contributed by atoms with Crippen LogP contribution >= 0.6 is 23.2 Å². The molecule has 0 aromatic heterocycles. The number of carbonyl (C=O) groups is 1. The molecule has 1 aromatic carbocycles. The van der Waals surface area contributed by atoms with Gasteiger partial charge in [0.05, 0.1) is 6.54 Å². The lowest BCUT2D eigenvalue weighted by Gasteiger charge is -2.21. The van der Waals surface area contributed by atoms with Gasteiger partial charge in [-0.15, -0.1) is 11.6 Å². The Morgan fingerprint density at radius 3 is 2.44 bits per heavy atom. The van der Waals surface area contributed by atoms with Gasteiger partial charge in [0.2, 0.25) is 5.91 Å². The maximum Gasteiger partial charge on any atom is 0.238 e. The zero-order valence-electron chi connectivity index (χ0n) is 8.83. The van der Waals surface area contributed by atoms with E-state index in [2.05, 4.69) is 6.58 Å². The number of halogens is 2. The largest absolute Gasteiger partial charge is 0.332 e. The van der Waals surface area contributed by atoms with E-state index < -0.39 is 0 Å². The van der Waals surface area contributed by atoms with Crippen molar-refractivity contribution in [1.29, 1.82) is 0 Å². The minimum absolute atomic E-state index is 0.0446. The number of alkyl halides is 1. The van der Waals surface area contributed by atoms with Crippen LogP contribution in [-0.2, 0) is 11.3 Å². The normalized spacial score (nSPS) is 9.88. The molecule has 1 amide bonds. The van der Waals surface area contributed by atoms with Gasteiger partial charge in [-0.25, -0.2) is 0 Å². The monoisotopic (exact) mass is 257 g/mol. The molecule has 0 atom stereocenters. The smallest absolute Gasteiger partial charge is 0.238 e. The Kier molecular flexibility index (Phi) is 5.36. The van der Waals surface area contributed by atoms with Gasteiger partial charge in [0, 0.05) is 11.6 Å². The van der Waals surface area contributed by atoms with Crippen LogP contribution < -0.4 is 0 Å². The van der Waals surface area contributed by atoms with Gasteiger partial charge in [-0.1, -0.05) is 48.5 Å². The summed E-state index contributed by atoms with van der Waals surface area (Å²) in [6.07, 6.45) is 0. The van der Waals surface area contributed by atoms with Crippen molar-refractivity contribution in [3.05, 3.63) is 47.5 Å². The third kappa shape index (κ3) is 4.25. The Balaban J connectivity index is 2.70. The minimum Gasteiger partial charge on any atom is -0.332 e. The van der Waals surface area contributed by atoms with Crippen LogP contribution in [0.5, 0.6) is 0 Å². The number of benzene rings is 1. The molecule has 86 valence electrons. The predicted molar refractivity (Wildman–Crippen MR) is 67.6 cm³/mol. The van der Waals surface area contributed by atoms with Gasteiger partial charge < -0.3 is 4.90 Å². The van der Waals surface area contributed by atoms with Crippen LogP contribution in [-0.4, -0.2) is 23.2 Å². The molecule has 0 fully saturated rings. The van der Waals surface area contributed by atoms with Crippen LogP contribution in [0.3, 0.4) is 0 Å².